The zero-order valence-electron chi connectivity index (χ0n) is 41.8. The van der Waals surface area contributed by atoms with Crippen LogP contribution in [0.15, 0.2) is 48.6 Å². The van der Waals surface area contributed by atoms with Crippen molar-refractivity contribution in [1.29, 1.82) is 0 Å². The van der Waals surface area contributed by atoms with Gasteiger partial charge < -0.3 is 14.2 Å². The summed E-state index contributed by atoms with van der Waals surface area (Å²) in [6, 6.07) is 0. The molecule has 0 aliphatic carbocycles. The molecule has 0 saturated carbocycles. The Bertz CT molecular complexity index is 1050. The van der Waals surface area contributed by atoms with Crippen molar-refractivity contribution >= 4 is 17.9 Å². The van der Waals surface area contributed by atoms with Crippen LogP contribution < -0.4 is 0 Å². The SMILES string of the molecule is CCCCC/C=C\C/C=C\CCCCCCCC(=O)OC(COC(=O)CCCCCCCCC/C=C\CCCCCC)COC(=O)CCCCCCCCC/C=C\CCCCCC. The van der Waals surface area contributed by atoms with E-state index in [9.17, 15) is 14.4 Å². The van der Waals surface area contributed by atoms with E-state index in [0.717, 1.165) is 83.5 Å². The van der Waals surface area contributed by atoms with Gasteiger partial charge in [0, 0.05) is 19.3 Å². The molecule has 0 aromatic heterocycles. The molecule has 0 saturated heterocycles. The zero-order chi connectivity index (χ0) is 45.8. The zero-order valence-corrected chi connectivity index (χ0v) is 41.8. The maximum Gasteiger partial charge on any atom is 0.306 e. The van der Waals surface area contributed by atoms with Crippen molar-refractivity contribution in [3.8, 4) is 0 Å². The van der Waals surface area contributed by atoms with E-state index in [4.69, 9.17) is 14.2 Å². The van der Waals surface area contributed by atoms with Crippen molar-refractivity contribution in [3.05, 3.63) is 48.6 Å². The Morgan fingerprint density at radius 1 is 0.317 bits per heavy atom. The Labute approximate surface area is 390 Å². The molecule has 0 unspecified atom stereocenters. The average molecular weight is 883 g/mol. The predicted molar refractivity (Wildman–Crippen MR) is 270 cm³/mol. The van der Waals surface area contributed by atoms with Gasteiger partial charge in [-0.1, -0.05) is 204 Å². The molecule has 0 spiro atoms. The van der Waals surface area contributed by atoms with Crippen LogP contribution >= 0.6 is 0 Å². The van der Waals surface area contributed by atoms with Crippen LogP contribution in [0.4, 0.5) is 0 Å². The lowest BCUT2D eigenvalue weighted by molar-refractivity contribution is -0.167. The van der Waals surface area contributed by atoms with Crippen molar-refractivity contribution in [3.63, 3.8) is 0 Å². The summed E-state index contributed by atoms with van der Waals surface area (Å²) in [6.07, 6.45) is 62.3. The first-order chi connectivity index (χ1) is 31.0. The Morgan fingerprint density at radius 3 is 0.921 bits per heavy atom. The van der Waals surface area contributed by atoms with E-state index in [2.05, 4.69) is 69.4 Å². The second-order valence-corrected chi connectivity index (χ2v) is 18.1. The number of unbranched alkanes of at least 4 members (excludes halogenated alkanes) is 30. The van der Waals surface area contributed by atoms with Crippen molar-refractivity contribution in [2.75, 3.05) is 13.2 Å². The topological polar surface area (TPSA) is 78.9 Å². The monoisotopic (exact) mass is 883 g/mol. The summed E-state index contributed by atoms with van der Waals surface area (Å²) in [4.78, 5) is 38.0. The Morgan fingerprint density at radius 2 is 0.571 bits per heavy atom. The lowest BCUT2D eigenvalue weighted by Gasteiger charge is -2.18. The highest BCUT2D eigenvalue weighted by Gasteiger charge is 2.19. The smallest absolute Gasteiger partial charge is 0.306 e. The maximum absolute atomic E-state index is 12.8. The van der Waals surface area contributed by atoms with Gasteiger partial charge in [-0.05, 0) is 103 Å². The predicted octanol–water partition coefficient (Wildman–Crippen LogP) is 17.9. The van der Waals surface area contributed by atoms with Crippen LogP contribution in [0.2, 0.25) is 0 Å². The third-order valence-electron chi connectivity index (χ3n) is 11.8. The second kappa shape index (κ2) is 52.0. The third kappa shape index (κ3) is 50.2. The first-order valence-electron chi connectivity index (χ1n) is 27.1. The molecular weight excluding hydrogens is 781 g/mol. The highest BCUT2D eigenvalue weighted by molar-refractivity contribution is 5.71. The van der Waals surface area contributed by atoms with Gasteiger partial charge in [-0.3, -0.25) is 14.4 Å². The molecule has 0 aliphatic rings. The van der Waals surface area contributed by atoms with Gasteiger partial charge in [0.1, 0.15) is 13.2 Å². The van der Waals surface area contributed by atoms with Gasteiger partial charge in [0.2, 0.25) is 0 Å². The Balaban J connectivity index is 4.40. The van der Waals surface area contributed by atoms with Gasteiger partial charge in [-0.2, -0.15) is 0 Å². The fraction of sp³-hybridized carbons (Fsp3) is 0.807. The van der Waals surface area contributed by atoms with Crippen molar-refractivity contribution in [2.45, 2.75) is 284 Å². The third-order valence-corrected chi connectivity index (χ3v) is 11.8. The molecule has 0 aromatic rings. The number of carbonyl (C=O) groups excluding carboxylic acids is 3. The van der Waals surface area contributed by atoms with E-state index in [1.807, 2.05) is 0 Å². The highest BCUT2D eigenvalue weighted by atomic mass is 16.6. The van der Waals surface area contributed by atoms with Crippen molar-refractivity contribution in [1.82, 2.24) is 0 Å². The lowest BCUT2D eigenvalue weighted by Crippen LogP contribution is -2.30. The standard InChI is InChI=1S/C57H102O6/c1-4-7-10-13-16-19-22-25-28-31-34-37-40-43-46-49-55(58)61-52-54(63-57(60)51-48-45-42-39-36-33-30-27-24-21-18-15-12-9-6-3)53-62-56(59)50-47-44-41-38-35-32-29-26-23-20-17-14-11-8-5-2/h18-23,27,30,54H,4-17,24-26,28-29,31-53H2,1-3H3/b21-18-,22-19-,23-20-,30-27-. The molecule has 6 nitrogen and oxygen atoms in total. The van der Waals surface area contributed by atoms with Crippen molar-refractivity contribution < 1.29 is 28.6 Å². The maximum atomic E-state index is 12.8. The van der Waals surface area contributed by atoms with Gasteiger partial charge in [-0.15, -0.1) is 0 Å². The largest absolute Gasteiger partial charge is 0.462 e. The minimum Gasteiger partial charge on any atom is -0.462 e. The van der Waals surface area contributed by atoms with E-state index in [0.29, 0.717) is 19.3 Å². The van der Waals surface area contributed by atoms with E-state index in [1.54, 1.807) is 0 Å². The summed E-state index contributed by atoms with van der Waals surface area (Å²) in [5.74, 6) is -0.895. The van der Waals surface area contributed by atoms with Gasteiger partial charge in [-0.25, -0.2) is 0 Å². The van der Waals surface area contributed by atoms with Crippen LogP contribution in [0.25, 0.3) is 0 Å². The van der Waals surface area contributed by atoms with Crippen LogP contribution in [0.1, 0.15) is 278 Å². The molecule has 63 heavy (non-hydrogen) atoms. The molecule has 0 radical (unpaired) electrons. The Kier molecular flexibility index (Phi) is 49.8. The number of allylic oxidation sites excluding steroid dienone is 8. The van der Waals surface area contributed by atoms with Gasteiger partial charge in [0.15, 0.2) is 6.10 Å². The van der Waals surface area contributed by atoms with E-state index >= 15 is 0 Å². The molecule has 0 fully saturated rings. The van der Waals surface area contributed by atoms with E-state index < -0.39 is 6.10 Å². The van der Waals surface area contributed by atoms with Crippen LogP contribution in [0.5, 0.6) is 0 Å². The lowest BCUT2D eigenvalue weighted by atomic mass is 10.1. The minimum atomic E-state index is -0.782. The van der Waals surface area contributed by atoms with E-state index in [1.165, 1.54) is 154 Å². The quantitative estimate of drug-likeness (QED) is 0.0262. The second-order valence-electron chi connectivity index (χ2n) is 18.1. The van der Waals surface area contributed by atoms with Crippen LogP contribution in [0, 0.1) is 0 Å². The molecule has 0 bridgehead atoms. The molecule has 0 aliphatic heterocycles. The number of rotatable bonds is 49. The fourth-order valence-corrected chi connectivity index (χ4v) is 7.64. The molecule has 0 aromatic carbocycles. The molecule has 0 heterocycles. The average Bonchev–Trinajstić information content (AvgIpc) is 3.28. The molecule has 0 amide bonds. The van der Waals surface area contributed by atoms with Gasteiger partial charge in [0.05, 0.1) is 0 Å². The molecular formula is C57H102O6. The first kappa shape index (κ1) is 60.4. The van der Waals surface area contributed by atoms with Crippen molar-refractivity contribution in [2.24, 2.45) is 0 Å². The first-order valence-corrected chi connectivity index (χ1v) is 27.1. The number of hydrogen-bond acceptors (Lipinski definition) is 6. The highest BCUT2D eigenvalue weighted by Crippen LogP contribution is 2.15. The van der Waals surface area contributed by atoms with Gasteiger partial charge in [0.25, 0.3) is 0 Å². The fourth-order valence-electron chi connectivity index (χ4n) is 7.64. The molecule has 0 N–H and O–H groups in total. The number of ether oxygens (including phenoxy) is 3. The van der Waals surface area contributed by atoms with Gasteiger partial charge >= 0.3 is 17.9 Å². The van der Waals surface area contributed by atoms with Crippen LogP contribution in [-0.2, 0) is 28.6 Å². The van der Waals surface area contributed by atoms with Crippen LogP contribution in [0.3, 0.4) is 0 Å². The molecule has 0 atom stereocenters. The Hall–Kier alpha value is -2.63. The minimum absolute atomic E-state index is 0.0814. The van der Waals surface area contributed by atoms with Crippen LogP contribution in [-0.4, -0.2) is 37.2 Å². The number of hydrogen-bond donors (Lipinski definition) is 0. The summed E-state index contributed by atoms with van der Waals surface area (Å²) in [6.45, 7) is 6.59. The summed E-state index contributed by atoms with van der Waals surface area (Å²) in [5.41, 5.74) is 0. The normalized spacial score (nSPS) is 11.9. The summed E-state index contributed by atoms with van der Waals surface area (Å²) < 4.78 is 16.8. The molecule has 366 valence electrons. The summed E-state index contributed by atoms with van der Waals surface area (Å²) in [5, 5.41) is 0. The van der Waals surface area contributed by atoms with E-state index in [-0.39, 0.29) is 31.1 Å². The molecule has 0 rings (SSSR count). The number of esters is 3. The summed E-state index contributed by atoms with van der Waals surface area (Å²) >= 11 is 0. The summed E-state index contributed by atoms with van der Waals surface area (Å²) in [7, 11) is 0. The number of carbonyl (C=O) groups is 3. The molecule has 6 heteroatoms.